The van der Waals surface area contributed by atoms with Crippen LogP contribution >= 0.6 is 11.6 Å². The van der Waals surface area contributed by atoms with Gasteiger partial charge in [0.25, 0.3) is 0 Å². The molecule has 1 unspecified atom stereocenters. The van der Waals surface area contributed by atoms with Gasteiger partial charge in [-0.1, -0.05) is 38.1 Å². The summed E-state index contributed by atoms with van der Waals surface area (Å²) in [6, 6.07) is 7.19. The van der Waals surface area contributed by atoms with Crippen molar-refractivity contribution in [3.05, 3.63) is 35.4 Å². The summed E-state index contributed by atoms with van der Waals surface area (Å²) in [5, 5.41) is 0. The third-order valence-electron chi connectivity index (χ3n) is 3.00. The number of hydrogen-bond acceptors (Lipinski definition) is 3. The van der Waals surface area contributed by atoms with E-state index in [4.69, 9.17) is 16.3 Å². The lowest BCUT2D eigenvalue weighted by Gasteiger charge is -2.15. The Hall–Kier alpha value is -1.35. The van der Waals surface area contributed by atoms with Crippen LogP contribution in [0.2, 0.25) is 0 Å². The standard InChI is InChI=1S/C16H21ClO3/c1-11(2)16(19)20-12(3)13-6-8-14(9-7-13)15(18)5-4-10-17/h6-9,11-12H,4-5,10H2,1-3H3. The zero-order valence-corrected chi connectivity index (χ0v) is 12.9. The quantitative estimate of drug-likeness (QED) is 0.431. The zero-order valence-electron chi connectivity index (χ0n) is 12.2. The Labute approximate surface area is 125 Å². The van der Waals surface area contributed by atoms with E-state index in [0.29, 0.717) is 24.3 Å². The van der Waals surface area contributed by atoms with Crippen LogP contribution in [0.1, 0.15) is 55.6 Å². The van der Waals surface area contributed by atoms with Crippen molar-refractivity contribution in [1.29, 1.82) is 0 Å². The maximum Gasteiger partial charge on any atom is 0.308 e. The fourth-order valence-corrected chi connectivity index (χ4v) is 1.82. The first-order chi connectivity index (χ1) is 9.45. The molecule has 0 aromatic heterocycles. The Bertz CT molecular complexity index is 451. The molecule has 0 aliphatic rings. The average molecular weight is 297 g/mol. The molecule has 1 rings (SSSR count). The van der Waals surface area contributed by atoms with Gasteiger partial charge < -0.3 is 4.74 Å². The summed E-state index contributed by atoms with van der Waals surface area (Å²) < 4.78 is 5.32. The average Bonchev–Trinajstić information content (AvgIpc) is 2.44. The van der Waals surface area contributed by atoms with Crippen molar-refractivity contribution in [2.45, 2.75) is 39.7 Å². The molecule has 0 radical (unpaired) electrons. The zero-order chi connectivity index (χ0) is 15.1. The number of ether oxygens (including phenoxy) is 1. The molecule has 0 heterocycles. The number of esters is 1. The van der Waals surface area contributed by atoms with Crippen LogP contribution in [0.15, 0.2) is 24.3 Å². The molecule has 0 amide bonds. The summed E-state index contributed by atoms with van der Waals surface area (Å²) in [4.78, 5) is 23.3. The summed E-state index contributed by atoms with van der Waals surface area (Å²) in [7, 11) is 0. The van der Waals surface area contributed by atoms with E-state index >= 15 is 0 Å². The largest absolute Gasteiger partial charge is 0.458 e. The van der Waals surface area contributed by atoms with Crippen LogP contribution in [0.3, 0.4) is 0 Å². The molecule has 0 aliphatic carbocycles. The van der Waals surface area contributed by atoms with Gasteiger partial charge in [-0.25, -0.2) is 0 Å². The molecule has 1 aromatic carbocycles. The molecule has 0 saturated heterocycles. The number of Topliss-reactive ketones (excluding diaryl/α,β-unsaturated/α-hetero) is 1. The van der Waals surface area contributed by atoms with Crippen molar-refractivity contribution in [3.8, 4) is 0 Å². The predicted octanol–water partition coefficient (Wildman–Crippen LogP) is 4.15. The fraction of sp³-hybridized carbons (Fsp3) is 0.500. The second-order valence-corrected chi connectivity index (χ2v) is 5.45. The molecule has 3 nitrogen and oxygen atoms in total. The highest BCUT2D eigenvalue weighted by molar-refractivity contribution is 6.18. The molecule has 1 atom stereocenters. The number of benzene rings is 1. The smallest absolute Gasteiger partial charge is 0.308 e. The Morgan fingerprint density at radius 1 is 1.15 bits per heavy atom. The van der Waals surface area contributed by atoms with Gasteiger partial charge in [0.2, 0.25) is 0 Å². The monoisotopic (exact) mass is 296 g/mol. The minimum Gasteiger partial charge on any atom is -0.458 e. The molecule has 20 heavy (non-hydrogen) atoms. The van der Waals surface area contributed by atoms with Gasteiger partial charge in [0.15, 0.2) is 5.78 Å². The predicted molar refractivity (Wildman–Crippen MR) is 80.1 cm³/mol. The molecule has 1 aromatic rings. The molecule has 0 aliphatic heterocycles. The highest BCUT2D eigenvalue weighted by Crippen LogP contribution is 2.19. The molecule has 0 saturated carbocycles. The van der Waals surface area contributed by atoms with Crippen molar-refractivity contribution >= 4 is 23.4 Å². The molecular formula is C16H21ClO3. The minimum atomic E-state index is -0.308. The Morgan fingerprint density at radius 2 is 1.75 bits per heavy atom. The maximum atomic E-state index is 11.8. The van der Waals surface area contributed by atoms with Crippen molar-refractivity contribution in [3.63, 3.8) is 0 Å². The summed E-state index contributed by atoms with van der Waals surface area (Å²) in [5.74, 6) is 0.212. The molecule has 4 heteroatoms. The number of hydrogen-bond donors (Lipinski definition) is 0. The van der Waals surface area contributed by atoms with Crippen LogP contribution in [0.25, 0.3) is 0 Å². The van der Waals surface area contributed by atoms with Gasteiger partial charge in [0.05, 0.1) is 5.92 Å². The second kappa shape index (κ2) is 8.05. The maximum absolute atomic E-state index is 11.8. The fourth-order valence-electron chi connectivity index (χ4n) is 1.69. The van der Waals surface area contributed by atoms with Gasteiger partial charge in [-0.2, -0.15) is 0 Å². The number of halogens is 1. The summed E-state index contributed by atoms with van der Waals surface area (Å²) >= 11 is 5.57. The minimum absolute atomic E-state index is 0.0871. The van der Waals surface area contributed by atoms with Crippen molar-refractivity contribution in [1.82, 2.24) is 0 Å². The van der Waals surface area contributed by atoms with Crippen molar-refractivity contribution in [2.75, 3.05) is 5.88 Å². The first-order valence-corrected chi connectivity index (χ1v) is 7.38. The number of alkyl halides is 1. The van der Waals surface area contributed by atoms with Crippen LogP contribution in [-0.4, -0.2) is 17.6 Å². The van der Waals surface area contributed by atoms with Gasteiger partial charge in [-0.05, 0) is 18.9 Å². The lowest BCUT2D eigenvalue weighted by atomic mass is 10.0. The van der Waals surface area contributed by atoms with E-state index in [1.807, 2.05) is 19.1 Å². The summed E-state index contributed by atoms with van der Waals surface area (Å²) in [5.41, 5.74) is 1.55. The molecule has 0 bridgehead atoms. The topological polar surface area (TPSA) is 43.4 Å². The SMILES string of the molecule is CC(C)C(=O)OC(C)c1ccc(C(=O)CCCCl)cc1. The third kappa shape index (κ3) is 4.97. The highest BCUT2D eigenvalue weighted by atomic mass is 35.5. The lowest BCUT2D eigenvalue weighted by Crippen LogP contribution is -2.14. The lowest BCUT2D eigenvalue weighted by molar-refractivity contribution is -0.152. The first kappa shape index (κ1) is 16.7. The first-order valence-electron chi connectivity index (χ1n) is 6.85. The van der Waals surface area contributed by atoms with E-state index in [1.165, 1.54) is 0 Å². The van der Waals surface area contributed by atoms with Crippen LogP contribution in [0, 0.1) is 5.92 Å². The van der Waals surface area contributed by atoms with E-state index < -0.39 is 0 Å². The molecule has 110 valence electrons. The van der Waals surface area contributed by atoms with Gasteiger partial charge in [0.1, 0.15) is 6.10 Å². The number of ketones is 1. The third-order valence-corrected chi connectivity index (χ3v) is 3.27. The number of carbonyl (C=O) groups is 2. The van der Waals surface area contributed by atoms with Gasteiger partial charge in [-0.15, -0.1) is 11.6 Å². The van der Waals surface area contributed by atoms with E-state index in [0.717, 1.165) is 5.56 Å². The van der Waals surface area contributed by atoms with Crippen LogP contribution in [-0.2, 0) is 9.53 Å². The van der Waals surface area contributed by atoms with Gasteiger partial charge in [-0.3, -0.25) is 9.59 Å². The number of rotatable bonds is 7. The Morgan fingerprint density at radius 3 is 2.25 bits per heavy atom. The van der Waals surface area contributed by atoms with Gasteiger partial charge >= 0.3 is 5.97 Å². The second-order valence-electron chi connectivity index (χ2n) is 5.07. The normalized spacial score (nSPS) is 12.2. The summed E-state index contributed by atoms with van der Waals surface area (Å²) in [6.07, 6.45) is 0.836. The van der Waals surface area contributed by atoms with E-state index in [9.17, 15) is 9.59 Å². The van der Waals surface area contributed by atoms with Crippen LogP contribution in [0.4, 0.5) is 0 Å². The highest BCUT2D eigenvalue weighted by Gasteiger charge is 2.15. The number of carbonyl (C=O) groups excluding carboxylic acids is 2. The van der Waals surface area contributed by atoms with Crippen LogP contribution in [0.5, 0.6) is 0 Å². The molecule has 0 fully saturated rings. The van der Waals surface area contributed by atoms with E-state index in [2.05, 4.69) is 0 Å². The Kier molecular flexibility index (Phi) is 6.73. The van der Waals surface area contributed by atoms with E-state index in [1.54, 1.807) is 26.0 Å². The summed E-state index contributed by atoms with van der Waals surface area (Å²) in [6.45, 7) is 5.42. The molecule has 0 N–H and O–H groups in total. The van der Waals surface area contributed by atoms with Crippen molar-refractivity contribution in [2.24, 2.45) is 5.92 Å². The molecular weight excluding hydrogens is 276 g/mol. The Balaban J connectivity index is 2.66. The van der Waals surface area contributed by atoms with Crippen LogP contribution < -0.4 is 0 Å². The van der Waals surface area contributed by atoms with E-state index in [-0.39, 0.29) is 23.8 Å². The van der Waals surface area contributed by atoms with Crippen molar-refractivity contribution < 1.29 is 14.3 Å². The molecule has 0 spiro atoms. The van der Waals surface area contributed by atoms with Gasteiger partial charge in [0, 0.05) is 17.9 Å².